The number of nitrogens with zero attached hydrogens (tertiary/aromatic N) is 2. The van der Waals surface area contributed by atoms with Crippen molar-refractivity contribution in [3.8, 4) is 5.75 Å². The summed E-state index contributed by atoms with van der Waals surface area (Å²) in [5.74, 6) is -1.49. The molecule has 0 bridgehead atoms. The third-order valence-electron chi connectivity index (χ3n) is 5.65. The van der Waals surface area contributed by atoms with E-state index in [1.807, 2.05) is 0 Å². The number of anilines is 2. The highest BCUT2D eigenvalue weighted by molar-refractivity contribution is 6.31. The molecule has 2 aliphatic heterocycles. The lowest BCUT2D eigenvalue weighted by Gasteiger charge is -2.48. The molecule has 3 amide bonds. The van der Waals surface area contributed by atoms with E-state index in [0.29, 0.717) is 12.1 Å². The van der Waals surface area contributed by atoms with E-state index in [2.05, 4.69) is 5.32 Å². The molecule has 2 aromatic rings. The molecule has 1 atom stereocenters. The summed E-state index contributed by atoms with van der Waals surface area (Å²) in [6.07, 6.45) is -4.03. The van der Waals surface area contributed by atoms with Gasteiger partial charge in [-0.05, 0) is 43.7 Å². The summed E-state index contributed by atoms with van der Waals surface area (Å²) in [5.41, 5.74) is -0.341. The van der Waals surface area contributed by atoms with Crippen molar-refractivity contribution in [1.29, 1.82) is 0 Å². The summed E-state index contributed by atoms with van der Waals surface area (Å²) in [6, 6.07) is 10.4. The Bertz CT molecular complexity index is 1140. The van der Waals surface area contributed by atoms with Gasteiger partial charge in [0.1, 0.15) is 18.0 Å². The Balaban J connectivity index is 1.59. The average molecular weight is 482 g/mol. The molecule has 0 saturated carbocycles. The van der Waals surface area contributed by atoms with Crippen LogP contribution in [-0.2, 0) is 9.59 Å². The van der Waals surface area contributed by atoms with Crippen LogP contribution in [0.25, 0.3) is 0 Å². The van der Waals surface area contributed by atoms with Gasteiger partial charge in [0, 0.05) is 11.4 Å². The fraction of sp³-hybridized carbons (Fsp3) is 0.318. The monoisotopic (exact) mass is 481 g/mol. The number of hydrogen-bond donors (Lipinski definition) is 1. The Kier molecular flexibility index (Phi) is 5.73. The van der Waals surface area contributed by atoms with Gasteiger partial charge < -0.3 is 15.0 Å². The number of alkyl halides is 3. The molecule has 11 heteroatoms. The standard InChI is InChI=1S/C22H19ClF3N3O4/c1-21-9-8-19(31)29(21)16-5-3-2-4-14(16)20(32)28(21)11-18(30)27-15-10-13(23)6-7-17(15)33-12-22(24,25)26/h2-7,10H,8-9,11-12H2,1H3,(H,27,30). The lowest BCUT2D eigenvalue weighted by atomic mass is 9.98. The van der Waals surface area contributed by atoms with E-state index < -0.39 is 36.8 Å². The topological polar surface area (TPSA) is 79.0 Å². The van der Waals surface area contributed by atoms with Crippen LogP contribution in [0.4, 0.5) is 24.5 Å². The molecule has 4 rings (SSSR count). The van der Waals surface area contributed by atoms with Gasteiger partial charge in [0.05, 0.1) is 16.9 Å². The second kappa shape index (κ2) is 8.26. The van der Waals surface area contributed by atoms with E-state index >= 15 is 0 Å². The van der Waals surface area contributed by atoms with Crippen LogP contribution < -0.4 is 15.0 Å². The Hall–Kier alpha value is -3.27. The molecule has 0 aliphatic carbocycles. The smallest absolute Gasteiger partial charge is 0.422 e. The van der Waals surface area contributed by atoms with Crippen molar-refractivity contribution in [3.05, 3.63) is 53.1 Å². The number of carbonyl (C=O) groups excluding carboxylic acids is 3. The number of benzene rings is 2. The first-order valence-electron chi connectivity index (χ1n) is 10.0. The molecule has 1 unspecified atom stereocenters. The summed E-state index contributed by atoms with van der Waals surface area (Å²) >= 11 is 5.94. The third-order valence-corrected chi connectivity index (χ3v) is 5.89. The van der Waals surface area contributed by atoms with Crippen molar-refractivity contribution < 1.29 is 32.3 Å². The van der Waals surface area contributed by atoms with Crippen molar-refractivity contribution in [2.75, 3.05) is 23.4 Å². The zero-order valence-electron chi connectivity index (χ0n) is 17.4. The molecule has 1 fully saturated rings. The van der Waals surface area contributed by atoms with E-state index in [1.54, 1.807) is 31.2 Å². The quantitative estimate of drug-likeness (QED) is 0.693. The number of para-hydroxylation sites is 1. The van der Waals surface area contributed by atoms with Gasteiger partial charge in [-0.2, -0.15) is 13.2 Å². The molecule has 2 aromatic carbocycles. The van der Waals surface area contributed by atoms with Crippen LogP contribution in [-0.4, -0.2) is 47.6 Å². The number of rotatable bonds is 5. The number of ether oxygens (including phenoxy) is 1. The molecule has 1 saturated heterocycles. The van der Waals surface area contributed by atoms with Crippen molar-refractivity contribution >= 4 is 40.7 Å². The van der Waals surface area contributed by atoms with E-state index in [4.69, 9.17) is 16.3 Å². The molecule has 174 valence electrons. The number of hydrogen-bond acceptors (Lipinski definition) is 4. The fourth-order valence-corrected chi connectivity index (χ4v) is 4.33. The summed E-state index contributed by atoms with van der Waals surface area (Å²) < 4.78 is 42.5. The Labute approximate surface area is 192 Å². The molecule has 33 heavy (non-hydrogen) atoms. The summed E-state index contributed by atoms with van der Waals surface area (Å²) in [7, 11) is 0. The molecule has 2 heterocycles. The lowest BCUT2D eigenvalue weighted by Crippen LogP contribution is -2.63. The van der Waals surface area contributed by atoms with Crippen LogP contribution in [0.3, 0.4) is 0 Å². The van der Waals surface area contributed by atoms with Crippen molar-refractivity contribution in [2.24, 2.45) is 0 Å². The highest BCUT2D eigenvalue weighted by Gasteiger charge is 2.53. The van der Waals surface area contributed by atoms with Crippen LogP contribution in [0.5, 0.6) is 5.75 Å². The lowest BCUT2D eigenvalue weighted by molar-refractivity contribution is -0.153. The molecule has 0 aromatic heterocycles. The zero-order valence-corrected chi connectivity index (χ0v) is 18.2. The maximum atomic E-state index is 13.2. The van der Waals surface area contributed by atoms with E-state index in [0.717, 1.165) is 0 Å². The van der Waals surface area contributed by atoms with Crippen LogP contribution in [0.2, 0.25) is 5.02 Å². The van der Waals surface area contributed by atoms with Crippen LogP contribution in [0.1, 0.15) is 30.1 Å². The maximum absolute atomic E-state index is 13.2. The van der Waals surface area contributed by atoms with E-state index in [1.165, 1.54) is 28.0 Å². The SMILES string of the molecule is CC12CCC(=O)N1c1ccccc1C(=O)N2CC(=O)Nc1cc(Cl)ccc1OCC(F)(F)F. The van der Waals surface area contributed by atoms with E-state index in [9.17, 15) is 27.6 Å². The summed E-state index contributed by atoms with van der Waals surface area (Å²) in [5, 5.41) is 2.65. The van der Waals surface area contributed by atoms with Crippen LogP contribution >= 0.6 is 11.6 Å². The number of amides is 3. The Morgan fingerprint density at radius 1 is 1.21 bits per heavy atom. The second-order valence-corrected chi connectivity index (χ2v) is 8.38. The number of fused-ring (bicyclic) bond motifs is 3. The molecule has 1 N–H and O–H groups in total. The van der Waals surface area contributed by atoms with Crippen molar-refractivity contribution in [2.45, 2.75) is 31.6 Å². The Morgan fingerprint density at radius 2 is 1.94 bits per heavy atom. The van der Waals surface area contributed by atoms with Crippen molar-refractivity contribution in [1.82, 2.24) is 4.90 Å². The van der Waals surface area contributed by atoms with Gasteiger partial charge in [-0.15, -0.1) is 0 Å². The van der Waals surface area contributed by atoms with Crippen LogP contribution in [0.15, 0.2) is 42.5 Å². The highest BCUT2D eigenvalue weighted by atomic mass is 35.5. The van der Waals surface area contributed by atoms with Gasteiger partial charge in [-0.1, -0.05) is 23.7 Å². The minimum atomic E-state index is -4.57. The first kappa shape index (κ1) is 22.9. The first-order chi connectivity index (χ1) is 15.5. The summed E-state index contributed by atoms with van der Waals surface area (Å²) in [6.45, 7) is -0.275. The van der Waals surface area contributed by atoms with Gasteiger partial charge in [0.2, 0.25) is 11.8 Å². The first-order valence-corrected chi connectivity index (χ1v) is 10.4. The number of carbonyl (C=O) groups is 3. The maximum Gasteiger partial charge on any atom is 0.422 e. The molecular formula is C22H19ClF3N3O4. The van der Waals surface area contributed by atoms with E-state index in [-0.39, 0.29) is 34.4 Å². The van der Waals surface area contributed by atoms with Gasteiger partial charge in [-0.3, -0.25) is 19.3 Å². The molecule has 7 nitrogen and oxygen atoms in total. The number of nitrogens with one attached hydrogen (secondary N) is 1. The third kappa shape index (κ3) is 4.35. The summed E-state index contributed by atoms with van der Waals surface area (Å²) in [4.78, 5) is 41.5. The van der Waals surface area contributed by atoms with Crippen LogP contribution in [0, 0.1) is 0 Å². The fourth-order valence-electron chi connectivity index (χ4n) is 4.16. The predicted molar refractivity (Wildman–Crippen MR) is 114 cm³/mol. The predicted octanol–water partition coefficient (Wildman–Crippen LogP) is 4.22. The normalized spacial score (nSPS) is 19.9. The average Bonchev–Trinajstić information content (AvgIpc) is 3.05. The van der Waals surface area contributed by atoms with Gasteiger partial charge in [-0.25, -0.2) is 0 Å². The molecule has 2 aliphatic rings. The van der Waals surface area contributed by atoms with Gasteiger partial charge >= 0.3 is 6.18 Å². The minimum absolute atomic E-state index is 0.0638. The van der Waals surface area contributed by atoms with Gasteiger partial charge in [0.25, 0.3) is 5.91 Å². The molecule has 0 radical (unpaired) electrons. The number of halogens is 4. The Morgan fingerprint density at radius 3 is 2.67 bits per heavy atom. The molecule has 0 spiro atoms. The zero-order chi connectivity index (χ0) is 24.0. The molecular weight excluding hydrogens is 463 g/mol. The van der Waals surface area contributed by atoms with Gasteiger partial charge in [0.15, 0.2) is 6.61 Å². The minimum Gasteiger partial charge on any atom is -0.482 e. The van der Waals surface area contributed by atoms with Crippen molar-refractivity contribution in [3.63, 3.8) is 0 Å². The second-order valence-electron chi connectivity index (χ2n) is 7.95. The largest absolute Gasteiger partial charge is 0.482 e. The highest BCUT2D eigenvalue weighted by Crippen LogP contribution is 2.44.